The normalized spacial score (nSPS) is 20.6. The molecule has 144 valence electrons. The number of hydrogen-bond donors (Lipinski definition) is 0. The van der Waals surface area contributed by atoms with E-state index in [-0.39, 0.29) is 37.9 Å². The minimum atomic E-state index is -1.66. The maximum Gasteiger partial charge on any atom is 0.287 e. The first-order valence-electron chi connectivity index (χ1n) is 8.78. The van der Waals surface area contributed by atoms with Crippen LogP contribution in [0.1, 0.15) is 39.2 Å². The van der Waals surface area contributed by atoms with E-state index >= 15 is 0 Å². The van der Waals surface area contributed by atoms with E-state index in [1.165, 1.54) is 24.3 Å². The Bertz CT molecular complexity index is 631. The van der Waals surface area contributed by atoms with Gasteiger partial charge < -0.3 is 18.9 Å². The first-order valence-corrected chi connectivity index (χ1v) is 8.78. The summed E-state index contributed by atoms with van der Waals surface area (Å²) >= 11 is 0. The number of carbonyl (C=O) groups excluding carboxylic acids is 1. The number of rotatable bonds is 10. The van der Waals surface area contributed by atoms with Gasteiger partial charge >= 0.3 is 0 Å². The zero-order valence-electron chi connectivity index (χ0n) is 15.5. The van der Waals surface area contributed by atoms with Crippen molar-refractivity contribution < 1.29 is 28.7 Å². The van der Waals surface area contributed by atoms with Crippen LogP contribution in [-0.4, -0.2) is 48.7 Å². The van der Waals surface area contributed by atoms with Gasteiger partial charge in [-0.15, -0.1) is 0 Å². The minimum absolute atomic E-state index is 0.0557. The van der Waals surface area contributed by atoms with Gasteiger partial charge in [0.1, 0.15) is 5.92 Å². The van der Waals surface area contributed by atoms with Crippen molar-refractivity contribution >= 4 is 11.5 Å². The van der Waals surface area contributed by atoms with Crippen LogP contribution in [0, 0.1) is 10.1 Å². The summed E-state index contributed by atoms with van der Waals surface area (Å²) in [5.74, 6) is -4.23. The molecule has 1 atom stereocenters. The van der Waals surface area contributed by atoms with Gasteiger partial charge in [-0.1, -0.05) is 12.1 Å². The molecule has 0 radical (unpaired) electrons. The molecule has 1 aliphatic rings. The Kier molecular flexibility index (Phi) is 6.46. The zero-order chi connectivity index (χ0) is 19.4. The van der Waals surface area contributed by atoms with E-state index in [9.17, 15) is 14.9 Å². The number of nitrogens with zero attached hydrogens (tertiary/aromatic N) is 1. The van der Waals surface area contributed by atoms with Crippen LogP contribution >= 0.6 is 0 Å². The molecule has 0 bridgehead atoms. The second kappa shape index (κ2) is 8.22. The highest BCUT2D eigenvalue weighted by molar-refractivity contribution is 6.01. The molecule has 0 aromatic heterocycles. The third kappa shape index (κ3) is 3.03. The summed E-state index contributed by atoms with van der Waals surface area (Å²) in [6, 6.07) is 5.78. The SMILES string of the molecule is CCOC1(OCC)C(=O)C(c2ccc([N+](=O)[O-])cc2)C1(OCC)OCC. The Morgan fingerprint density at radius 1 is 0.923 bits per heavy atom. The van der Waals surface area contributed by atoms with Gasteiger partial charge in [0.05, 0.1) is 4.92 Å². The molecular formula is C18H25NO7. The van der Waals surface area contributed by atoms with E-state index < -0.39 is 22.4 Å². The van der Waals surface area contributed by atoms with Crippen molar-refractivity contribution in [1.29, 1.82) is 0 Å². The van der Waals surface area contributed by atoms with E-state index in [0.29, 0.717) is 5.56 Å². The Labute approximate surface area is 152 Å². The van der Waals surface area contributed by atoms with Crippen LogP contribution in [0.4, 0.5) is 5.69 Å². The van der Waals surface area contributed by atoms with Gasteiger partial charge in [-0.05, 0) is 33.3 Å². The third-order valence-corrected chi connectivity index (χ3v) is 4.28. The quantitative estimate of drug-likeness (QED) is 0.356. The highest BCUT2D eigenvalue weighted by Crippen LogP contribution is 2.56. The maximum atomic E-state index is 13.1. The Morgan fingerprint density at radius 2 is 1.38 bits per heavy atom. The second-order valence-corrected chi connectivity index (χ2v) is 5.66. The lowest BCUT2D eigenvalue weighted by atomic mass is 9.66. The first kappa shape index (κ1) is 20.4. The monoisotopic (exact) mass is 367 g/mol. The number of nitro groups is 1. The molecule has 1 aromatic rings. The number of benzene rings is 1. The maximum absolute atomic E-state index is 13.1. The van der Waals surface area contributed by atoms with Gasteiger partial charge in [-0.2, -0.15) is 0 Å². The lowest BCUT2D eigenvalue weighted by Crippen LogP contribution is -2.79. The summed E-state index contributed by atoms with van der Waals surface area (Å²) in [5.41, 5.74) is 0.498. The molecule has 0 N–H and O–H groups in total. The Hall–Kier alpha value is -1.87. The lowest BCUT2D eigenvalue weighted by molar-refractivity contribution is -0.423. The van der Waals surface area contributed by atoms with Crippen LogP contribution in [0.15, 0.2) is 24.3 Å². The summed E-state index contributed by atoms with van der Waals surface area (Å²) in [5, 5.41) is 10.9. The minimum Gasteiger partial charge on any atom is -0.344 e. The first-order chi connectivity index (χ1) is 12.4. The lowest BCUT2D eigenvalue weighted by Gasteiger charge is -2.58. The molecule has 1 aromatic carbocycles. The molecule has 8 nitrogen and oxygen atoms in total. The van der Waals surface area contributed by atoms with Crippen molar-refractivity contribution in [3.63, 3.8) is 0 Å². The topological polar surface area (TPSA) is 97.1 Å². The van der Waals surface area contributed by atoms with E-state index in [0.717, 1.165) is 0 Å². The molecule has 0 heterocycles. The van der Waals surface area contributed by atoms with Crippen molar-refractivity contribution in [2.75, 3.05) is 26.4 Å². The summed E-state index contributed by atoms with van der Waals surface area (Å²) in [4.78, 5) is 23.5. The summed E-state index contributed by atoms with van der Waals surface area (Å²) in [6.45, 7) is 8.13. The van der Waals surface area contributed by atoms with E-state index in [1.807, 2.05) is 0 Å². The molecule has 26 heavy (non-hydrogen) atoms. The molecule has 0 saturated heterocycles. The number of nitro benzene ring substituents is 1. The van der Waals surface area contributed by atoms with Gasteiger partial charge in [-0.3, -0.25) is 14.9 Å². The molecule has 8 heteroatoms. The molecule has 0 aliphatic heterocycles. The molecule has 1 aliphatic carbocycles. The molecular weight excluding hydrogens is 342 g/mol. The highest BCUT2D eigenvalue weighted by atomic mass is 16.8. The fourth-order valence-electron chi connectivity index (χ4n) is 3.42. The van der Waals surface area contributed by atoms with Crippen LogP contribution < -0.4 is 0 Å². The van der Waals surface area contributed by atoms with Crippen molar-refractivity contribution in [3.8, 4) is 0 Å². The van der Waals surface area contributed by atoms with Crippen LogP contribution in [0.25, 0.3) is 0 Å². The Balaban J connectivity index is 2.52. The predicted molar refractivity (Wildman–Crippen MR) is 92.8 cm³/mol. The fraction of sp³-hybridized carbons (Fsp3) is 0.611. The summed E-state index contributed by atoms with van der Waals surface area (Å²) < 4.78 is 23.3. The van der Waals surface area contributed by atoms with Crippen molar-refractivity contribution in [2.45, 2.75) is 45.2 Å². The zero-order valence-corrected chi connectivity index (χ0v) is 15.5. The van der Waals surface area contributed by atoms with Gasteiger partial charge in [0.25, 0.3) is 11.5 Å². The average molecular weight is 367 g/mol. The van der Waals surface area contributed by atoms with Crippen molar-refractivity contribution in [2.24, 2.45) is 0 Å². The number of non-ortho nitro benzene ring substituents is 1. The van der Waals surface area contributed by atoms with Gasteiger partial charge in [0.15, 0.2) is 0 Å². The molecule has 1 saturated carbocycles. The molecule has 1 fully saturated rings. The number of ether oxygens (including phenoxy) is 4. The summed E-state index contributed by atoms with van der Waals surface area (Å²) in [6.07, 6.45) is 0. The van der Waals surface area contributed by atoms with E-state index in [4.69, 9.17) is 18.9 Å². The number of carbonyl (C=O) groups is 1. The predicted octanol–water partition coefficient (Wildman–Crippen LogP) is 2.80. The largest absolute Gasteiger partial charge is 0.344 e. The highest BCUT2D eigenvalue weighted by Gasteiger charge is 2.78. The van der Waals surface area contributed by atoms with Crippen LogP contribution in [0.2, 0.25) is 0 Å². The molecule has 2 rings (SSSR count). The van der Waals surface area contributed by atoms with Gasteiger partial charge in [0.2, 0.25) is 11.6 Å². The standard InChI is InChI=1S/C18H25NO7/c1-5-23-17(24-6-2)15(13-9-11-14(12-10-13)19(21)22)16(20)18(17,25-7-3)26-8-4/h9-12,15H,5-8H2,1-4H3. The Morgan fingerprint density at radius 3 is 1.77 bits per heavy atom. The molecule has 0 amide bonds. The van der Waals surface area contributed by atoms with E-state index in [2.05, 4.69) is 0 Å². The number of Topliss-reactive ketones (excluding diaryl/α,β-unsaturated/α-hetero) is 1. The van der Waals surface area contributed by atoms with Crippen LogP contribution in [0.3, 0.4) is 0 Å². The number of ketones is 1. The van der Waals surface area contributed by atoms with E-state index in [1.54, 1.807) is 27.7 Å². The van der Waals surface area contributed by atoms with Gasteiger partial charge in [-0.25, -0.2) is 0 Å². The molecule has 0 spiro atoms. The van der Waals surface area contributed by atoms with Crippen LogP contribution in [0.5, 0.6) is 0 Å². The molecule has 1 unspecified atom stereocenters. The van der Waals surface area contributed by atoms with Gasteiger partial charge in [0, 0.05) is 38.6 Å². The van der Waals surface area contributed by atoms with Crippen LogP contribution in [-0.2, 0) is 23.7 Å². The van der Waals surface area contributed by atoms with Crippen molar-refractivity contribution in [1.82, 2.24) is 0 Å². The van der Waals surface area contributed by atoms with Crippen molar-refractivity contribution in [3.05, 3.63) is 39.9 Å². The summed E-state index contributed by atoms with van der Waals surface area (Å²) in [7, 11) is 0. The second-order valence-electron chi connectivity index (χ2n) is 5.66. The third-order valence-electron chi connectivity index (χ3n) is 4.28. The fourth-order valence-corrected chi connectivity index (χ4v) is 3.42. The smallest absolute Gasteiger partial charge is 0.287 e. The average Bonchev–Trinajstić information content (AvgIpc) is 2.62. The number of hydrogen-bond acceptors (Lipinski definition) is 7.